The minimum Gasteiger partial charge on any atom is -0.497 e. The zero-order chi connectivity index (χ0) is 26.7. The van der Waals surface area contributed by atoms with Crippen LogP contribution in [-0.4, -0.2) is 29.9 Å². The lowest BCUT2D eigenvalue weighted by molar-refractivity contribution is -0.384. The molecule has 1 fully saturated rings. The molecular formula is C27H23N3O7. The van der Waals surface area contributed by atoms with Crippen molar-refractivity contribution in [1.82, 2.24) is 5.32 Å². The van der Waals surface area contributed by atoms with Crippen molar-refractivity contribution in [1.29, 1.82) is 0 Å². The number of benzene rings is 3. The van der Waals surface area contributed by atoms with Gasteiger partial charge in [-0.2, -0.15) is 0 Å². The summed E-state index contributed by atoms with van der Waals surface area (Å²) in [4.78, 5) is 49.6. The Labute approximate surface area is 212 Å². The van der Waals surface area contributed by atoms with E-state index in [-0.39, 0.29) is 23.6 Å². The second-order valence-electron chi connectivity index (χ2n) is 8.35. The number of hydrogen-bond acceptors (Lipinski definition) is 7. The quantitative estimate of drug-likeness (QED) is 0.219. The van der Waals surface area contributed by atoms with Gasteiger partial charge < -0.3 is 9.47 Å². The summed E-state index contributed by atoms with van der Waals surface area (Å²) >= 11 is 0. The molecule has 1 saturated heterocycles. The summed E-state index contributed by atoms with van der Waals surface area (Å²) in [5.74, 6) is -0.965. The van der Waals surface area contributed by atoms with Crippen LogP contribution in [0.4, 0.5) is 16.2 Å². The number of nitro benzene ring substituents is 1. The van der Waals surface area contributed by atoms with Crippen LogP contribution in [0.2, 0.25) is 0 Å². The first kappa shape index (κ1) is 25.1. The highest BCUT2D eigenvalue weighted by atomic mass is 16.6. The Balaban J connectivity index is 1.69. The van der Waals surface area contributed by atoms with Crippen molar-refractivity contribution in [3.63, 3.8) is 0 Å². The summed E-state index contributed by atoms with van der Waals surface area (Å²) in [5.41, 5.74) is 2.90. The number of urea groups is 1. The summed E-state index contributed by atoms with van der Waals surface area (Å²) in [5, 5.41) is 13.3. The molecule has 188 valence electrons. The Morgan fingerprint density at radius 2 is 1.78 bits per heavy atom. The largest absolute Gasteiger partial charge is 0.497 e. The number of rotatable bonds is 7. The normalized spacial score (nSPS) is 14.5. The molecule has 1 aliphatic rings. The predicted octanol–water partition coefficient (Wildman–Crippen LogP) is 4.47. The van der Waals surface area contributed by atoms with E-state index in [9.17, 15) is 24.5 Å². The summed E-state index contributed by atoms with van der Waals surface area (Å²) in [6.45, 7) is 4.24. The lowest BCUT2D eigenvalue weighted by Gasteiger charge is -2.26. The van der Waals surface area contributed by atoms with E-state index < -0.39 is 22.8 Å². The molecule has 0 unspecified atom stereocenters. The average Bonchev–Trinajstić information content (AvgIpc) is 2.87. The van der Waals surface area contributed by atoms with Crippen LogP contribution in [-0.2, 0) is 16.2 Å². The van der Waals surface area contributed by atoms with Gasteiger partial charge in [0.1, 0.15) is 23.7 Å². The lowest BCUT2D eigenvalue weighted by Crippen LogP contribution is -2.54. The van der Waals surface area contributed by atoms with E-state index in [1.807, 2.05) is 32.0 Å². The molecule has 10 nitrogen and oxygen atoms in total. The van der Waals surface area contributed by atoms with Gasteiger partial charge >= 0.3 is 6.03 Å². The molecule has 0 aromatic heterocycles. The molecular weight excluding hydrogens is 478 g/mol. The van der Waals surface area contributed by atoms with Crippen LogP contribution < -0.4 is 19.7 Å². The van der Waals surface area contributed by atoms with Gasteiger partial charge in [0.15, 0.2) is 0 Å². The number of hydrogen-bond donors (Lipinski definition) is 1. The molecule has 0 atom stereocenters. The maximum atomic E-state index is 13.3. The first-order chi connectivity index (χ1) is 17.7. The maximum Gasteiger partial charge on any atom is 0.335 e. The van der Waals surface area contributed by atoms with E-state index in [1.54, 1.807) is 18.2 Å². The molecule has 1 aliphatic heterocycles. The van der Waals surface area contributed by atoms with E-state index in [0.29, 0.717) is 22.0 Å². The predicted molar refractivity (Wildman–Crippen MR) is 135 cm³/mol. The Hall–Kier alpha value is -4.99. The second kappa shape index (κ2) is 10.3. The van der Waals surface area contributed by atoms with Gasteiger partial charge in [-0.05, 0) is 54.8 Å². The van der Waals surface area contributed by atoms with Crippen LogP contribution in [0.3, 0.4) is 0 Å². The Kier molecular flexibility index (Phi) is 7.01. The minimum absolute atomic E-state index is 0.0453. The zero-order valence-corrected chi connectivity index (χ0v) is 20.3. The van der Waals surface area contributed by atoms with Crippen molar-refractivity contribution in [3.05, 3.63) is 98.6 Å². The van der Waals surface area contributed by atoms with Gasteiger partial charge in [-0.15, -0.1) is 0 Å². The highest BCUT2D eigenvalue weighted by molar-refractivity contribution is 6.39. The molecule has 1 heterocycles. The van der Waals surface area contributed by atoms with Gasteiger partial charge in [0.05, 0.1) is 17.7 Å². The molecule has 4 amide bonds. The van der Waals surface area contributed by atoms with Gasteiger partial charge in [-0.1, -0.05) is 24.3 Å². The number of aryl methyl sites for hydroxylation is 2. The highest BCUT2D eigenvalue weighted by Gasteiger charge is 2.37. The number of ether oxygens (including phenoxy) is 2. The third-order valence-electron chi connectivity index (χ3n) is 5.89. The first-order valence-corrected chi connectivity index (χ1v) is 11.2. The van der Waals surface area contributed by atoms with E-state index >= 15 is 0 Å². The van der Waals surface area contributed by atoms with Crippen LogP contribution in [0.1, 0.15) is 22.3 Å². The Bertz CT molecular complexity index is 1460. The lowest BCUT2D eigenvalue weighted by atomic mass is 10.1. The number of nitrogens with one attached hydrogen (secondary N) is 1. The number of methoxy groups -OCH3 is 1. The topological polar surface area (TPSA) is 128 Å². The summed E-state index contributed by atoms with van der Waals surface area (Å²) in [7, 11) is 1.50. The number of anilines is 1. The molecule has 0 spiro atoms. The summed E-state index contributed by atoms with van der Waals surface area (Å²) in [6, 6.07) is 14.9. The van der Waals surface area contributed by atoms with E-state index in [1.165, 1.54) is 31.4 Å². The van der Waals surface area contributed by atoms with Crippen LogP contribution in [0.15, 0.2) is 66.2 Å². The first-order valence-electron chi connectivity index (χ1n) is 11.2. The fraction of sp³-hybridized carbons (Fsp3) is 0.148. The number of carbonyl (C=O) groups excluding carboxylic acids is 3. The number of imide groups is 2. The van der Waals surface area contributed by atoms with Gasteiger partial charge in [-0.3, -0.25) is 25.0 Å². The molecule has 0 radical (unpaired) electrons. The number of amides is 4. The molecule has 4 rings (SSSR count). The monoisotopic (exact) mass is 501 g/mol. The van der Waals surface area contributed by atoms with Crippen LogP contribution in [0.25, 0.3) is 6.08 Å². The Morgan fingerprint density at radius 3 is 2.49 bits per heavy atom. The molecule has 10 heteroatoms. The van der Waals surface area contributed by atoms with Crippen molar-refractivity contribution in [2.75, 3.05) is 12.0 Å². The van der Waals surface area contributed by atoms with Gasteiger partial charge in [0.2, 0.25) is 0 Å². The molecule has 0 aliphatic carbocycles. The molecule has 0 bridgehead atoms. The number of non-ortho nitro benzene ring substituents is 1. The smallest absolute Gasteiger partial charge is 0.335 e. The molecule has 1 N–H and O–H groups in total. The third-order valence-corrected chi connectivity index (χ3v) is 5.89. The van der Waals surface area contributed by atoms with Gasteiger partial charge in [0, 0.05) is 23.8 Å². The van der Waals surface area contributed by atoms with Gasteiger partial charge in [0.25, 0.3) is 17.5 Å². The van der Waals surface area contributed by atoms with E-state index in [4.69, 9.17) is 9.47 Å². The molecule has 0 saturated carbocycles. The van der Waals surface area contributed by atoms with Crippen molar-refractivity contribution < 1.29 is 28.8 Å². The van der Waals surface area contributed by atoms with Crippen LogP contribution in [0.5, 0.6) is 11.5 Å². The standard InChI is InChI=1S/C27H23N3O7/c1-16-7-8-18(11-17(16)2)15-37-24-14-22(36-3)10-9-19(24)12-23-25(31)28-27(33)29(26(23)32)20-5-4-6-21(13-20)30(34)35/h4-14H,15H2,1-3H3,(H,28,31,33)/b23-12+. The van der Waals surface area contributed by atoms with Crippen molar-refractivity contribution in [2.24, 2.45) is 0 Å². The molecule has 3 aromatic rings. The fourth-order valence-electron chi connectivity index (χ4n) is 3.73. The van der Waals surface area contributed by atoms with E-state index in [0.717, 1.165) is 22.8 Å². The number of nitrogens with zero attached hydrogens (tertiary/aromatic N) is 2. The SMILES string of the molecule is COc1ccc(/C=C2\C(=O)NC(=O)N(c3cccc([N+](=O)[O-])c3)C2=O)c(OCc2ccc(C)c(C)c2)c1. The number of nitro groups is 1. The summed E-state index contributed by atoms with van der Waals surface area (Å²) < 4.78 is 11.3. The van der Waals surface area contributed by atoms with Crippen molar-refractivity contribution in [2.45, 2.75) is 20.5 Å². The fourth-order valence-corrected chi connectivity index (χ4v) is 3.73. The van der Waals surface area contributed by atoms with Crippen molar-refractivity contribution >= 4 is 35.3 Å². The third kappa shape index (κ3) is 5.32. The van der Waals surface area contributed by atoms with Crippen LogP contribution >= 0.6 is 0 Å². The van der Waals surface area contributed by atoms with Gasteiger partial charge in [-0.25, -0.2) is 9.69 Å². The average molecular weight is 501 g/mol. The Morgan fingerprint density at radius 1 is 1.00 bits per heavy atom. The van der Waals surface area contributed by atoms with Crippen LogP contribution in [0, 0.1) is 24.0 Å². The molecule has 3 aromatic carbocycles. The summed E-state index contributed by atoms with van der Waals surface area (Å²) in [6.07, 6.45) is 1.31. The maximum absolute atomic E-state index is 13.3. The molecule has 37 heavy (non-hydrogen) atoms. The minimum atomic E-state index is -1.01. The highest BCUT2D eigenvalue weighted by Crippen LogP contribution is 2.30. The van der Waals surface area contributed by atoms with Crippen molar-refractivity contribution in [3.8, 4) is 11.5 Å². The number of barbiturate groups is 1. The second-order valence-corrected chi connectivity index (χ2v) is 8.35. The number of carbonyl (C=O) groups is 3. The zero-order valence-electron chi connectivity index (χ0n) is 20.3. The van der Waals surface area contributed by atoms with E-state index in [2.05, 4.69) is 5.32 Å².